The summed E-state index contributed by atoms with van der Waals surface area (Å²) < 4.78 is 0. The molecule has 21 heavy (non-hydrogen) atoms. The van der Waals surface area contributed by atoms with E-state index in [0.717, 1.165) is 12.8 Å². The highest BCUT2D eigenvalue weighted by Crippen LogP contribution is 2.12. The quantitative estimate of drug-likeness (QED) is 0.870. The highest BCUT2D eigenvalue weighted by Gasteiger charge is 2.32. The SMILES string of the molecule is CC(C)CC1NC(=O)CN(CCCc2ccccc2)C1=O. The van der Waals surface area contributed by atoms with Crippen LogP contribution in [0.15, 0.2) is 30.3 Å². The Kier molecular flexibility index (Phi) is 5.37. The fourth-order valence-corrected chi connectivity index (χ4v) is 2.71. The first-order valence-electron chi connectivity index (χ1n) is 7.68. The van der Waals surface area contributed by atoms with Gasteiger partial charge in [-0.05, 0) is 30.7 Å². The number of nitrogens with one attached hydrogen (secondary N) is 1. The molecule has 1 aromatic rings. The highest BCUT2D eigenvalue weighted by molar-refractivity contribution is 5.94. The third-order valence-electron chi connectivity index (χ3n) is 3.72. The topological polar surface area (TPSA) is 49.4 Å². The van der Waals surface area contributed by atoms with Gasteiger partial charge in [-0.25, -0.2) is 0 Å². The van der Waals surface area contributed by atoms with E-state index in [1.165, 1.54) is 5.56 Å². The maximum atomic E-state index is 12.4. The Morgan fingerprint density at radius 3 is 2.62 bits per heavy atom. The van der Waals surface area contributed by atoms with Gasteiger partial charge >= 0.3 is 0 Å². The lowest BCUT2D eigenvalue weighted by Crippen LogP contribution is -2.58. The number of carbonyl (C=O) groups excluding carboxylic acids is 2. The Morgan fingerprint density at radius 1 is 1.24 bits per heavy atom. The van der Waals surface area contributed by atoms with Crippen LogP contribution in [0, 0.1) is 5.92 Å². The number of carbonyl (C=O) groups is 2. The van der Waals surface area contributed by atoms with E-state index in [1.54, 1.807) is 4.90 Å². The number of rotatable bonds is 6. The first-order chi connectivity index (χ1) is 10.1. The zero-order valence-electron chi connectivity index (χ0n) is 12.8. The molecule has 0 saturated carbocycles. The molecule has 4 nitrogen and oxygen atoms in total. The van der Waals surface area contributed by atoms with E-state index >= 15 is 0 Å². The molecule has 0 aromatic heterocycles. The molecule has 1 aliphatic rings. The Labute approximate surface area is 126 Å². The van der Waals surface area contributed by atoms with E-state index in [0.29, 0.717) is 18.9 Å². The number of benzene rings is 1. The molecule has 0 spiro atoms. The predicted octanol–water partition coefficient (Wildman–Crippen LogP) is 1.99. The molecule has 1 atom stereocenters. The van der Waals surface area contributed by atoms with E-state index in [1.807, 2.05) is 18.2 Å². The normalized spacial score (nSPS) is 19.0. The van der Waals surface area contributed by atoms with Crippen molar-refractivity contribution in [2.24, 2.45) is 5.92 Å². The molecule has 0 bridgehead atoms. The minimum atomic E-state index is -0.344. The van der Waals surface area contributed by atoms with Gasteiger partial charge < -0.3 is 10.2 Å². The Hall–Kier alpha value is -1.84. The van der Waals surface area contributed by atoms with Crippen LogP contribution in [0.4, 0.5) is 0 Å². The van der Waals surface area contributed by atoms with Crippen LogP contribution in [0.5, 0.6) is 0 Å². The molecular formula is C17H24N2O2. The maximum absolute atomic E-state index is 12.4. The van der Waals surface area contributed by atoms with Gasteiger partial charge in [-0.3, -0.25) is 9.59 Å². The van der Waals surface area contributed by atoms with Crippen molar-refractivity contribution in [3.63, 3.8) is 0 Å². The van der Waals surface area contributed by atoms with Crippen molar-refractivity contribution in [1.29, 1.82) is 0 Å². The molecule has 1 aromatic carbocycles. The zero-order chi connectivity index (χ0) is 15.2. The van der Waals surface area contributed by atoms with Gasteiger partial charge in [0.25, 0.3) is 0 Å². The van der Waals surface area contributed by atoms with Crippen LogP contribution in [-0.2, 0) is 16.0 Å². The highest BCUT2D eigenvalue weighted by atomic mass is 16.2. The molecule has 4 heteroatoms. The molecule has 1 aliphatic heterocycles. The molecule has 1 saturated heterocycles. The maximum Gasteiger partial charge on any atom is 0.245 e. The average molecular weight is 288 g/mol. The van der Waals surface area contributed by atoms with Gasteiger partial charge in [0.15, 0.2) is 0 Å². The van der Waals surface area contributed by atoms with Gasteiger partial charge in [0, 0.05) is 6.54 Å². The number of piperazine rings is 1. The van der Waals surface area contributed by atoms with Crippen molar-refractivity contribution >= 4 is 11.8 Å². The summed E-state index contributed by atoms with van der Waals surface area (Å²) in [5.41, 5.74) is 1.27. The number of hydrogen-bond donors (Lipinski definition) is 1. The Balaban J connectivity index is 1.86. The summed E-state index contributed by atoms with van der Waals surface area (Å²) in [6, 6.07) is 9.88. The summed E-state index contributed by atoms with van der Waals surface area (Å²) in [5.74, 6) is 0.417. The fourth-order valence-electron chi connectivity index (χ4n) is 2.71. The van der Waals surface area contributed by atoms with Gasteiger partial charge in [0.1, 0.15) is 6.04 Å². The van der Waals surface area contributed by atoms with Crippen molar-refractivity contribution < 1.29 is 9.59 Å². The first kappa shape index (κ1) is 15.5. The summed E-state index contributed by atoms with van der Waals surface area (Å²) in [6.45, 7) is 4.97. The van der Waals surface area contributed by atoms with Crippen molar-refractivity contribution in [3.05, 3.63) is 35.9 Å². The summed E-state index contributed by atoms with van der Waals surface area (Å²) in [7, 11) is 0. The lowest BCUT2D eigenvalue weighted by atomic mass is 10.0. The van der Waals surface area contributed by atoms with Crippen molar-refractivity contribution in [2.75, 3.05) is 13.1 Å². The molecule has 2 rings (SSSR count). The van der Waals surface area contributed by atoms with Crippen LogP contribution in [0.25, 0.3) is 0 Å². The second kappa shape index (κ2) is 7.25. The predicted molar refractivity (Wildman–Crippen MR) is 82.7 cm³/mol. The van der Waals surface area contributed by atoms with Crippen LogP contribution < -0.4 is 5.32 Å². The van der Waals surface area contributed by atoms with E-state index in [4.69, 9.17) is 0 Å². The molecule has 114 valence electrons. The molecule has 1 heterocycles. The fraction of sp³-hybridized carbons (Fsp3) is 0.529. The van der Waals surface area contributed by atoms with Gasteiger partial charge in [0.2, 0.25) is 11.8 Å². The number of aryl methyl sites for hydroxylation is 1. The van der Waals surface area contributed by atoms with E-state index in [2.05, 4.69) is 31.3 Å². The summed E-state index contributed by atoms with van der Waals surface area (Å²) in [5, 5.41) is 2.81. The number of hydrogen-bond acceptors (Lipinski definition) is 2. The lowest BCUT2D eigenvalue weighted by Gasteiger charge is -2.33. The van der Waals surface area contributed by atoms with Crippen molar-refractivity contribution in [1.82, 2.24) is 10.2 Å². The van der Waals surface area contributed by atoms with Crippen LogP contribution in [0.3, 0.4) is 0 Å². The average Bonchev–Trinajstić information content (AvgIpc) is 2.44. The molecular weight excluding hydrogens is 264 g/mol. The smallest absolute Gasteiger partial charge is 0.245 e. The van der Waals surface area contributed by atoms with Crippen LogP contribution in [0.1, 0.15) is 32.3 Å². The number of amides is 2. The van der Waals surface area contributed by atoms with Crippen molar-refractivity contribution in [3.8, 4) is 0 Å². The van der Waals surface area contributed by atoms with E-state index < -0.39 is 0 Å². The first-order valence-corrected chi connectivity index (χ1v) is 7.68. The molecule has 1 fully saturated rings. The molecule has 1 unspecified atom stereocenters. The van der Waals surface area contributed by atoms with Crippen LogP contribution in [-0.4, -0.2) is 35.8 Å². The summed E-state index contributed by atoms with van der Waals surface area (Å²) in [4.78, 5) is 25.8. The van der Waals surface area contributed by atoms with Crippen LogP contribution >= 0.6 is 0 Å². The van der Waals surface area contributed by atoms with Crippen molar-refractivity contribution in [2.45, 2.75) is 39.2 Å². The standard InChI is InChI=1S/C17H24N2O2/c1-13(2)11-15-17(21)19(12-16(20)18-15)10-6-9-14-7-4-3-5-8-14/h3-5,7-8,13,15H,6,9-12H2,1-2H3,(H,18,20). The Bertz CT molecular complexity index is 485. The molecule has 0 radical (unpaired) electrons. The van der Waals surface area contributed by atoms with E-state index in [-0.39, 0.29) is 24.4 Å². The summed E-state index contributed by atoms with van der Waals surface area (Å²) in [6.07, 6.45) is 2.53. The minimum absolute atomic E-state index is 0.0417. The van der Waals surface area contributed by atoms with Gasteiger partial charge in [-0.2, -0.15) is 0 Å². The Morgan fingerprint density at radius 2 is 1.95 bits per heavy atom. The lowest BCUT2D eigenvalue weighted by molar-refractivity contribution is -0.144. The number of nitrogens with zero attached hydrogens (tertiary/aromatic N) is 1. The third-order valence-corrected chi connectivity index (χ3v) is 3.72. The zero-order valence-corrected chi connectivity index (χ0v) is 12.8. The third kappa shape index (κ3) is 4.59. The van der Waals surface area contributed by atoms with Crippen LogP contribution in [0.2, 0.25) is 0 Å². The second-order valence-corrected chi connectivity index (χ2v) is 6.10. The second-order valence-electron chi connectivity index (χ2n) is 6.10. The minimum Gasteiger partial charge on any atom is -0.343 e. The molecule has 2 amide bonds. The summed E-state index contributed by atoms with van der Waals surface area (Å²) >= 11 is 0. The largest absolute Gasteiger partial charge is 0.343 e. The van der Waals surface area contributed by atoms with Gasteiger partial charge in [-0.15, -0.1) is 0 Å². The van der Waals surface area contributed by atoms with Gasteiger partial charge in [-0.1, -0.05) is 44.2 Å². The van der Waals surface area contributed by atoms with E-state index in [9.17, 15) is 9.59 Å². The molecule has 0 aliphatic carbocycles. The molecule has 1 N–H and O–H groups in total. The monoisotopic (exact) mass is 288 g/mol. The van der Waals surface area contributed by atoms with Gasteiger partial charge in [0.05, 0.1) is 6.54 Å².